The van der Waals surface area contributed by atoms with Crippen molar-refractivity contribution in [2.45, 2.75) is 41.5 Å². The minimum absolute atomic E-state index is 0.0563. The second-order valence-electron chi connectivity index (χ2n) is 6.45. The fourth-order valence-corrected chi connectivity index (χ4v) is 2.14. The number of nitrogens with zero attached hydrogens (tertiary/aromatic N) is 2. The van der Waals surface area contributed by atoms with E-state index in [1.165, 1.54) is 5.84 Å². The Morgan fingerprint density at radius 1 is 1.16 bits per heavy atom. The summed E-state index contributed by atoms with van der Waals surface area (Å²) < 4.78 is 0. The van der Waals surface area contributed by atoms with E-state index < -0.39 is 0 Å². The normalized spacial score (nSPS) is 12.9. The van der Waals surface area contributed by atoms with Crippen molar-refractivity contribution in [1.82, 2.24) is 4.90 Å². The van der Waals surface area contributed by atoms with Crippen molar-refractivity contribution < 1.29 is 0 Å². The van der Waals surface area contributed by atoms with Crippen LogP contribution in [0.5, 0.6) is 0 Å². The Labute approximate surface area is 118 Å². The van der Waals surface area contributed by atoms with E-state index in [0.717, 1.165) is 18.8 Å². The molecule has 2 nitrogen and oxygen atoms in total. The molecule has 106 valence electrons. The largest absolute Gasteiger partial charge is 0.360 e. The van der Waals surface area contributed by atoms with Gasteiger partial charge in [0.2, 0.25) is 0 Å². The van der Waals surface area contributed by atoms with Crippen LogP contribution >= 0.6 is 0 Å². The molecule has 0 fully saturated rings. The van der Waals surface area contributed by atoms with Crippen molar-refractivity contribution in [2.24, 2.45) is 16.3 Å². The Kier molecular flexibility index (Phi) is 5.59. The summed E-state index contributed by atoms with van der Waals surface area (Å²) in [5, 5.41) is 0. The van der Waals surface area contributed by atoms with Crippen molar-refractivity contribution in [2.75, 3.05) is 13.1 Å². The number of aliphatic imine (C=N–C) groups is 1. The molecule has 0 spiro atoms. The topological polar surface area (TPSA) is 15.6 Å². The molecule has 0 saturated carbocycles. The van der Waals surface area contributed by atoms with Crippen molar-refractivity contribution in [3.63, 3.8) is 0 Å². The van der Waals surface area contributed by atoms with Crippen molar-refractivity contribution in [3.8, 4) is 0 Å². The quantitative estimate of drug-likeness (QED) is 0.564. The molecular weight excluding hydrogens is 232 g/mol. The maximum absolute atomic E-state index is 4.90. The molecule has 0 aliphatic carbocycles. The Balaban J connectivity index is 3.11. The molecule has 0 N–H and O–H groups in total. The van der Waals surface area contributed by atoms with Gasteiger partial charge in [-0.3, -0.25) is 0 Å². The summed E-state index contributed by atoms with van der Waals surface area (Å²) in [5.74, 6) is 1.82. The molecule has 0 aliphatic heterocycles. The number of hydrogen-bond donors (Lipinski definition) is 0. The third-order valence-corrected chi connectivity index (χ3v) is 2.93. The first-order chi connectivity index (χ1) is 8.84. The highest BCUT2D eigenvalue weighted by atomic mass is 15.2. The van der Waals surface area contributed by atoms with Crippen LogP contribution in [0.3, 0.4) is 0 Å². The van der Waals surface area contributed by atoms with E-state index in [4.69, 9.17) is 4.99 Å². The molecule has 0 aromatic heterocycles. The fourth-order valence-electron chi connectivity index (χ4n) is 2.14. The van der Waals surface area contributed by atoms with Crippen LogP contribution in [0.15, 0.2) is 35.3 Å². The van der Waals surface area contributed by atoms with Crippen LogP contribution in [-0.2, 0) is 0 Å². The molecular formula is C17H28N2. The number of benzene rings is 1. The molecule has 19 heavy (non-hydrogen) atoms. The first-order valence-electron chi connectivity index (χ1n) is 7.23. The number of hydrogen-bond acceptors (Lipinski definition) is 1. The fraction of sp³-hybridized carbons (Fsp3) is 0.588. The molecule has 1 aromatic rings. The third-order valence-electron chi connectivity index (χ3n) is 2.93. The zero-order chi connectivity index (χ0) is 14.5. The molecule has 1 aromatic carbocycles. The summed E-state index contributed by atoms with van der Waals surface area (Å²) in [6.07, 6.45) is 0. The summed E-state index contributed by atoms with van der Waals surface area (Å²) in [7, 11) is 0. The SMILES string of the molecule is CCN(CC(C)C)C(=Nc1ccccc1)C(C)(C)C. The van der Waals surface area contributed by atoms with E-state index in [1.54, 1.807) is 0 Å². The van der Waals surface area contributed by atoms with Crippen molar-refractivity contribution in [3.05, 3.63) is 30.3 Å². The van der Waals surface area contributed by atoms with Gasteiger partial charge >= 0.3 is 0 Å². The van der Waals surface area contributed by atoms with Crippen molar-refractivity contribution >= 4 is 11.5 Å². The first kappa shape index (κ1) is 15.7. The summed E-state index contributed by atoms with van der Waals surface area (Å²) in [5.41, 5.74) is 1.09. The molecule has 2 heteroatoms. The molecule has 0 bridgehead atoms. The van der Waals surface area contributed by atoms with E-state index >= 15 is 0 Å². The van der Waals surface area contributed by atoms with Crippen LogP contribution in [-0.4, -0.2) is 23.8 Å². The lowest BCUT2D eigenvalue weighted by molar-refractivity contribution is 0.344. The van der Waals surface area contributed by atoms with E-state index in [2.05, 4.69) is 58.6 Å². The second kappa shape index (κ2) is 6.74. The van der Waals surface area contributed by atoms with E-state index in [0.29, 0.717) is 5.92 Å². The molecule has 0 amide bonds. The maximum Gasteiger partial charge on any atom is 0.110 e. The molecule has 0 atom stereocenters. The molecule has 0 unspecified atom stereocenters. The van der Waals surface area contributed by atoms with Gasteiger partial charge in [-0.1, -0.05) is 52.8 Å². The van der Waals surface area contributed by atoms with Crippen LogP contribution in [0.2, 0.25) is 0 Å². The lowest BCUT2D eigenvalue weighted by atomic mass is 9.93. The summed E-state index contributed by atoms with van der Waals surface area (Å²) in [6, 6.07) is 10.2. The smallest absolute Gasteiger partial charge is 0.110 e. The molecule has 0 radical (unpaired) electrons. The summed E-state index contributed by atoms with van der Waals surface area (Å²) in [6.45, 7) is 15.5. The lowest BCUT2D eigenvalue weighted by Gasteiger charge is -2.34. The molecule has 0 saturated heterocycles. The maximum atomic E-state index is 4.90. The predicted octanol–water partition coefficient (Wildman–Crippen LogP) is 4.74. The molecule has 1 rings (SSSR count). The summed E-state index contributed by atoms with van der Waals surface area (Å²) in [4.78, 5) is 7.30. The first-order valence-corrected chi connectivity index (χ1v) is 7.23. The monoisotopic (exact) mass is 260 g/mol. The average molecular weight is 260 g/mol. The molecule has 0 heterocycles. The Morgan fingerprint density at radius 2 is 1.74 bits per heavy atom. The van der Waals surface area contributed by atoms with Gasteiger partial charge < -0.3 is 4.90 Å². The second-order valence-corrected chi connectivity index (χ2v) is 6.45. The van der Waals surface area contributed by atoms with Gasteiger partial charge in [-0.15, -0.1) is 0 Å². The Bertz CT molecular complexity index is 399. The zero-order valence-electron chi connectivity index (χ0n) is 13.3. The lowest BCUT2D eigenvalue weighted by Crippen LogP contribution is -2.41. The third kappa shape index (κ3) is 5.06. The van der Waals surface area contributed by atoms with E-state index in [-0.39, 0.29) is 5.41 Å². The zero-order valence-corrected chi connectivity index (χ0v) is 13.3. The van der Waals surface area contributed by atoms with Crippen LogP contribution in [0.4, 0.5) is 5.69 Å². The molecule has 0 aliphatic rings. The van der Waals surface area contributed by atoms with E-state index in [1.807, 2.05) is 18.2 Å². The number of amidine groups is 1. The van der Waals surface area contributed by atoms with Crippen molar-refractivity contribution in [1.29, 1.82) is 0 Å². The van der Waals surface area contributed by atoms with Gasteiger partial charge in [-0.2, -0.15) is 0 Å². The predicted molar refractivity (Wildman–Crippen MR) is 85.1 cm³/mol. The average Bonchev–Trinajstić information content (AvgIpc) is 2.33. The van der Waals surface area contributed by atoms with Crippen LogP contribution < -0.4 is 0 Å². The number of para-hydroxylation sites is 1. The highest BCUT2D eigenvalue weighted by Crippen LogP contribution is 2.24. The van der Waals surface area contributed by atoms with E-state index in [9.17, 15) is 0 Å². The Hall–Kier alpha value is -1.31. The van der Waals surface area contributed by atoms with Crippen LogP contribution in [0.25, 0.3) is 0 Å². The van der Waals surface area contributed by atoms with Gasteiger partial charge in [0.15, 0.2) is 0 Å². The summed E-state index contributed by atoms with van der Waals surface area (Å²) >= 11 is 0. The van der Waals surface area contributed by atoms with Crippen LogP contribution in [0, 0.1) is 11.3 Å². The van der Waals surface area contributed by atoms with Gasteiger partial charge in [0, 0.05) is 18.5 Å². The van der Waals surface area contributed by atoms with Gasteiger partial charge in [0.1, 0.15) is 5.84 Å². The minimum Gasteiger partial charge on any atom is -0.360 e. The van der Waals surface area contributed by atoms with Crippen LogP contribution in [0.1, 0.15) is 41.5 Å². The van der Waals surface area contributed by atoms with Gasteiger partial charge in [-0.25, -0.2) is 4.99 Å². The van der Waals surface area contributed by atoms with Gasteiger partial charge in [-0.05, 0) is 25.0 Å². The van der Waals surface area contributed by atoms with Gasteiger partial charge in [0.05, 0.1) is 5.69 Å². The standard InChI is InChI=1S/C17H28N2/c1-7-19(13-14(2)3)16(17(4,5)6)18-15-11-9-8-10-12-15/h8-12,14H,7,13H2,1-6H3. The minimum atomic E-state index is 0.0563. The number of rotatable bonds is 4. The Morgan fingerprint density at radius 3 is 2.16 bits per heavy atom. The highest BCUT2D eigenvalue weighted by Gasteiger charge is 2.24. The highest BCUT2D eigenvalue weighted by molar-refractivity contribution is 5.89. The van der Waals surface area contributed by atoms with Gasteiger partial charge in [0.25, 0.3) is 0 Å².